The molecule has 0 bridgehead atoms. The Bertz CT molecular complexity index is 472. The first-order chi connectivity index (χ1) is 10.4. The fourth-order valence-electron chi connectivity index (χ4n) is 1.95. The van der Waals surface area contributed by atoms with Crippen LogP contribution in [0.3, 0.4) is 0 Å². The Morgan fingerprint density at radius 1 is 1.27 bits per heavy atom. The van der Waals surface area contributed by atoms with Crippen molar-refractivity contribution in [1.29, 1.82) is 0 Å². The number of guanidine groups is 1. The highest BCUT2D eigenvalue weighted by atomic mass is 32.2. The highest BCUT2D eigenvalue weighted by molar-refractivity contribution is 7.98. The Balaban J connectivity index is 2.57. The van der Waals surface area contributed by atoms with Crippen LogP contribution in [0.15, 0.2) is 29.3 Å². The lowest BCUT2D eigenvalue weighted by Crippen LogP contribution is -2.39. The fourth-order valence-corrected chi connectivity index (χ4v) is 2.38. The minimum Gasteiger partial charge on any atom is -0.356 e. The van der Waals surface area contributed by atoms with Gasteiger partial charge in [-0.3, -0.25) is 4.99 Å². The normalized spacial score (nSPS) is 12.4. The summed E-state index contributed by atoms with van der Waals surface area (Å²) in [5.41, 5.74) is 0.182. The number of nitrogens with zero attached hydrogens (tertiary/aromatic N) is 2. The first-order valence-corrected chi connectivity index (χ1v) is 8.34. The highest BCUT2D eigenvalue weighted by Gasteiger charge is 2.29. The zero-order valence-corrected chi connectivity index (χ0v) is 13.9. The van der Waals surface area contributed by atoms with Crippen molar-refractivity contribution in [1.82, 2.24) is 10.2 Å². The van der Waals surface area contributed by atoms with Crippen LogP contribution in [0, 0.1) is 0 Å². The number of hydrogen-bond donors (Lipinski definition) is 1. The van der Waals surface area contributed by atoms with Gasteiger partial charge in [0.2, 0.25) is 0 Å². The SMILES string of the molecule is CN=C(NCCCSC)N(C)Cc1ccc(C(F)(F)F)cc1. The van der Waals surface area contributed by atoms with Gasteiger partial charge in [-0.15, -0.1) is 0 Å². The van der Waals surface area contributed by atoms with Crippen molar-refractivity contribution in [3.8, 4) is 0 Å². The van der Waals surface area contributed by atoms with Gasteiger partial charge in [0, 0.05) is 27.2 Å². The summed E-state index contributed by atoms with van der Waals surface area (Å²) in [6.45, 7) is 1.32. The second kappa shape index (κ2) is 8.92. The zero-order valence-electron chi connectivity index (χ0n) is 13.1. The number of aliphatic imine (C=N–C) groups is 1. The van der Waals surface area contributed by atoms with E-state index in [0.717, 1.165) is 42.4 Å². The van der Waals surface area contributed by atoms with Gasteiger partial charge < -0.3 is 10.2 Å². The third-order valence-corrected chi connectivity index (χ3v) is 3.78. The van der Waals surface area contributed by atoms with Crippen LogP contribution >= 0.6 is 11.8 Å². The van der Waals surface area contributed by atoms with Gasteiger partial charge in [0.05, 0.1) is 5.56 Å². The first-order valence-electron chi connectivity index (χ1n) is 6.95. The van der Waals surface area contributed by atoms with Crippen LogP contribution in [0.4, 0.5) is 13.2 Å². The van der Waals surface area contributed by atoms with E-state index in [-0.39, 0.29) is 0 Å². The molecular formula is C15H22F3N3S. The van der Waals surface area contributed by atoms with E-state index in [0.29, 0.717) is 6.54 Å². The minimum absolute atomic E-state index is 0.500. The Morgan fingerprint density at radius 3 is 2.41 bits per heavy atom. The quantitative estimate of drug-likeness (QED) is 0.491. The molecule has 0 spiro atoms. The maximum absolute atomic E-state index is 12.5. The van der Waals surface area contributed by atoms with Crippen LogP contribution in [-0.4, -0.2) is 43.5 Å². The maximum Gasteiger partial charge on any atom is 0.416 e. The third kappa shape index (κ3) is 6.17. The molecule has 1 aromatic rings. The van der Waals surface area contributed by atoms with Crippen molar-refractivity contribution in [3.05, 3.63) is 35.4 Å². The van der Waals surface area contributed by atoms with Gasteiger partial charge in [0.25, 0.3) is 0 Å². The predicted octanol–water partition coefficient (Wildman–Crippen LogP) is 3.47. The molecule has 7 heteroatoms. The molecule has 0 saturated carbocycles. The van der Waals surface area contributed by atoms with Crippen LogP contribution in [0.5, 0.6) is 0 Å². The van der Waals surface area contributed by atoms with Gasteiger partial charge in [0.15, 0.2) is 5.96 Å². The summed E-state index contributed by atoms with van der Waals surface area (Å²) in [6.07, 6.45) is -1.20. The second-order valence-corrected chi connectivity index (χ2v) is 5.86. The van der Waals surface area contributed by atoms with Gasteiger partial charge in [-0.1, -0.05) is 12.1 Å². The van der Waals surface area contributed by atoms with E-state index in [9.17, 15) is 13.2 Å². The molecule has 0 aliphatic rings. The lowest BCUT2D eigenvalue weighted by atomic mass is 10.1. The van der Waals surface area contributed by atoms with Crippen molar-refractivity contribution in [3.63, 3.8) is 0 Å². The molecule has 1 aromatic carbocycles. The monoisotopic (exact) mass is 333 g/mol. The molecule has 0 heterocycles. The van der Waals surface area contributed by atoms with Crippen LogP contribution in [0.25, 0.3) is 0 Å². The predicted molar refractivity (Wildman–Crippen MR) is 87.3 cm³/mol. The molecule has 0 unspecified atom stereocenters. The molecule has 0 amide bonds. The van der Waals surface area contributed by atoms with Gasteiger partial charge >= 0.3 is 6.18 Å². The molecule has 124 valence electrons. The molecule has 1 rings (SSSR count). The van der Waals surface area contributed by atoms with E-state index in [1.54, 1.807) is 18.8 Å². The molecule has 22 heavy (non-hydrogen) atoms. The largest absolute Gasteiger partial charge is 0.416 e. The highest BCUT2D eigenvalue weighted by Crippen LogP contribution is 2.29. The smallest absolute Gasteiger partial charge is 0.356 e. The summed E-state index contributed by atoms with van der Waals surface area (Å²) in [6, 6.07) is 5.22. The fraction of sp³-hybridized carbons (Fsp3) is 0.533. The summed E-state index contributed by atoms with van der Waals surface area (Å²) < 4.78 is 37.6. The number of thioether (sulfide) groups is 1. The average Bonchev–Trinajstić information content (AvgIpc) is 2.47. The van der Waals surface area contributed by atoms with E-state index in [1.807, 2.05) is 11.9 Å². The van der Waals surface area contributed by atoms with E-state index in [1.165, 1.54) is 12.1 Å². The number of nitrogens with one attached hydrogen (secondary N) is 1. The molecule has 0 atom stereocenters. The van der Waals surface area contributed by atoms with Crippen LogP contribution in [0.1, 0.15) is 17.5 Å². The molecule has 1 N–H and O–H groups in total. The van der Waals surface area contributed by atoms with Crippen LogP contribution < -0.4 is 5.32 Å². The number of hydrogen-bond acceptors (Lipinski definition) is 2. The number of alkyl halides is 3. The Morgan fingerprint density at radius 2 is 1.91 bits per heavy atom. The molecule has 0 fully saturated rings. The molecule has 0 aromatic heterocycles. The molecule has 0 radical (unpaired) electrons. The minimum atomic E-state index is -4.29. The summed E-state index contributed by atoms with van der Waals surface area (Å²) in [5, 5.41) is 3.24. The standard InChI is InChI=1S/C15H22F3N3S/c1-19-14(20-9-4-10-22-3)21(2)11-12-5-7-13(8-6-12)15(16,17)18/h5-8H,4,9-11H2,1-3H3,(H,19,20). The number of halogens is 3. The summed E-state index contributed by atoms with van der Waals surface area (Å²) >= 11 is 1.79. The van der Waals surface area contributed by atoms with Gasteiger partial charge in [-0.05, 0) is 36.1 Å². The Kier molecular flexibility index (Phi) is 7.58. The molecule has 3 nitrogen and oxygen atoms in total. The van der Waals surface area contributed by atoms with Gasteiger partial charge in [0.1, 0.15) is 0 Å². The van der Waals surface area contributed by atoms with E-state index in [4.69, 9.17) is 0 Å². The first kappa shape index (κ1) is 18.7. The van der Waals surface area contributed by atoms with E-state index >= 15 is 0 Å². The maximum atomic E-state index is 12.5. The third-order valence-electron chi connectivity index (χ3n) is 3.08. The van der Waals surface area contributed by atoms with Crippen LogP contribution in [-0.2, 0) is 12.7 Å². The summed E-state index contributed by atoms with van der Waals surface area (Å²) in [7, 11) is 3.56. The topological polar surface area (TPSA) is 27.6 Å². The number of benzene rings is 1. The summed E-state index contributed by atoms with van der Waals surface area (Å²) in [4.78, 5) is 6.07. The molecule has 0 saturated heterocycles. The lowest BCUT2D eigenvalue weighted by molar-refractivity contribution is -0.137. The number of rotatable bonds is 6. The van der Waals surface area contributed by atoms with E-state index < -0.39 is 11.7 Å². The van der Waals surface area contributed by atoms with Crippen LogP contribution in [0.2, 0.25) is 0 Å². The summed E-state index contributed by atoms with van der Waals surface area (Å²) in [5.74, 6) is 1.81. The molecule has 0 aliphatic heterocycles. The molecular weight excluding hydrogens is 311 g/mol. The van der Waals surface area contributed by atoms with Gasteiger partial charge in [-0.2, -0.15) is 24.9 Å². The van der Waals surface area contributed by atoms with Crippen molar-refractivity contribution < 1.29 is 13.2 Å². The van der Waals surface area contributed by atoms with Gasteiger partial charge in [-0.25, -0.2) is 0 Å². The lowest BCUT2D eigenvalue weighted by Gasteiger charge is -2.22. The average molecular weight is 333 g/mol. The van der Waals surface area contributed by atoms with Crippen molar-refractivity contribution in [2.75, 3.05) is 32.6 Å². The Hall–Kier alpha value is -1.37. The molecule has 0 aliphatic carbocycles. The van der Waals surface area contributed by atoms with Crippen molar-refractivity contribution in [2.45, 2.75) is 19.1 Å². The van der Waals surface area contributed by atoms with Crippen molar-refractivity contribution in [2.24, 2.45) is 4.99 Å². The zero-order chi connectivity index (χ0) is 16.6. The van der Waals surface area contributed by atoms with Crippen molar-refractivity contribution >= 4 is 17.7 Å². The van der Waals surface area contributed by atoms with E-state index in [2.05, 4.69) is 16.6 Å². The Labute approximate surface area is 134 Å². The second-order valence-electron chi connectivity index (χ2n) is 4.87.